The number of carbonyl (C=O) groups is 4. The Hall–Kier alpha value is -5.32. The summed E-state index contributed by atoms with van der Waals surface area (Å²) in [7, 11) is -9.99. The number of carbonyl (C=O) groups excluding carboxylic acids is 4. The van der Waals surface area contributed by atoms with Crippen LogP contribution in [0.4, 0.5) is 0 Å². The molecule has 0 aliphatic rings. The lowest BCUT2D eigenvalue weighted by atomic mass is 10.1. The minimum atomic E-state index is -5.00. The van der Waals surface area contributed by atoms with E-state index in [1.54, 1.807) is 0 Å². The number of allylic oxidation sites excluding steroid dienone is 26. The molecule has 0 aromatic carbocycles. The number of hydrogen-bond donors (Lipinski definition) is 3. The normalized spacial score (nSPS) is 14.6. The van der Waals surface area contributed by atoms with Crippen molar-refractivity contribution in [1.82, 2.24) is 0 Å². The number of unbranched alkanes of at least 4 members (excludes halogenated alkanes) is 25. The summed E-state index contributed by atoms with van der Waals surface area (Å²) in [6.07, 6.45) is 93.5. The molecule has 0 aliphatic heterocycles. The van der Waals surface area contributed by atoms with Crippen molar-refractivity contribution in [3.63, 3.8) is 0 Å². The molecule has 0 heterocycles. The molecule has 17 nitrogen and oxygen atoms in total. The third-order valence-electron chi connectivity index (χ3n) is 17.0. The Morgan fingerprint density at radius 2 is 0.481 bits per heavy atom. The molecule has 0 saturated heterocycles. The molecular formula is C89H148O17P2. The van der Waals surface area contributed by atoms with Gasteiger partial charge in [0.2, 0.25) is 0 Å². The topological polar surface area (TPSA) is 237 Å². The van der Waals surface area contributed by atoms with Gasteiger partial charge in [0.25, 0.3) is 0 Å². The lowest BCUT2D eigenvalue weighted by Gasteiger charge is -2.21. The van der Waals surface area contributed by atoms with Gasteiger partial charge in [-0.15, -0.1) is 0 Å². The number of aliphatic hydroxyl groups is 1. The number of esters is 4. The van der Waals surface area contributed by atoms with E-state index < -0.39 is 97.5 Å². The standard InChI is InChI=1S/C89H148O17P2/c1-5-9-13-17-21-25-29-33-37-39-41-43-47-49-53-57-61-65-69-73-86(91)99-79-84(105-88(93)75-71-67-63-59-55-51-45-35-31-27-23-19-15-11-7-3)81-103-107(95,96)101-77-83(90)78-102-108(97,98)104-82-85(106-89(94)76-72-68-64-60-56-52-46-36-32-28-24-20-16-12-8-4)80-100-87(92)74-70-66-62-58-54-50-48-44-42-40-38-34-30-26-22-18-14-10-6-2/h9,11-13,15-16,21-28,33-38,41-46,83-85,90H,5-8,10,14,17-20,29-32,39-40,47-82H2,1-4H3,(H,95,96)(H,97,98)/b13-9-,15-11-,16-12-,25-21-,26-22-,27-23-,28-24-,37-33-,38-34-,43-41-,44-42-,45-35-,46-36-. The molecule has 108 heavy (non-hydrogen) atoms. The highest BCUT2D eigenvalue weighted by molar-refractivity contribution is 7.47. The van der Waals surface area contributed by atoms with Crippen LogP contribution in [0.1, 0.15) is 323 Å². The van der Waals surface area contributed by atoms with Gasteiger partial charge in [0.1, 0.15) is 19.3 Å². The van der Waals surface area contributed by atoms with Crippen LogP contribution in [0.5, 0.6) is 0 Å². The predicted octanol–water partition coefficient (Wildman–Crippen LogP) is 24.8. The van der Waals surface area contributed by atoms with E-state index in [4.69, 9.17) is 37.0 Å². The Labute approximate surface area is 655 Å². The maximum Gasteiger partial charge on any atom is 0.472 e. The van der Waals surface area contributed by atoms with Crippen molar-refractivity contribution >= 4 is 39.5 Å². The number of aliphatic hydroxyl groups excluding tert-OH is 1. The Balaban J connectivity index is 5.41. The summed E-state index contributed by atoms with van der Waals surface area (Å²) in [6, 6.07) is 0. The van der Waals surface area contributed by atoms with Gasteiger partial charge in [-0.05, 0) is 167 Å². The fourth-order valence-electron chi connectivity index (χ4n) is 10.7. The van der Waals surface area contributed by atoms with E-state index in [0.29, 0.717) is 25.7 Å². The van der Waals surface area contributed by atoms with Crippen LogP contribution in [-0.2, 0) is 65.4 Å². The van der Waals surface area contributed by atoms with Crippen molar-refractivity contribution in [1.29, 1.82) is 0 Å². The van der Waals surface area contributed by atoms with Gasteiger partial charge in [-0.1, -0.05) is 288 Å². The number of ether oxygens (including phenoxy) is 4. The van der Waals surface area contributed by atoms with Crippen LogP contribution in [0.2, 0.25) is 0 Å². The quantitative estimate of drug-likeness (QED) is 0.0169. The van der Waals surface area contributed by atoms with Crippen LogP contribution in [0.3, 0.4) is 0 Å². The molecule has 0 aromatic rings. The van der Waals surface area contributed by atoms with Crippen LogP contribution in [0.15, 0.2) is 158 Å². The molecule has 0 rings (SSSR count). The van der Waals surface area contributed by atoms with Gasteiger partial charge in [-0.25, -0.2) is 9.13 Å². The maximum absolute atomic E-state index is 13.1. The maximum atomic E-state index is 13.1. The van der Waals surface area contributed by atoms with E-state index in [1.807, 2.05) is 0 Å². The molecule has 19 heteroatoms. The van der Waals surface area contributed by atoms with Gasteiger partial charge in [0.05, 0.1) is 26.4 Å². The van der Waals surface area contributed by atoms with E-state index in [1.165, 1.54) is 19.3 Å². The van der Waals surface area contributed by atoms with Crippen LogP contribution >= 0.6 is 15.6 Å². The molecule has 3 N–H and O–H groups in total. The first-order valence-electron chi connectivity index (χ1n) is 41.7. The zero-order valence-corrected chi connectivity index (χ0v) is 69.3. The Bertz CT molecular complexity index is 2660. The number of rotatable bonds is 77. The van der Waals surface area contributed by atoms with Gasteiger partial charge in [-0.2, -0.15) is 0 Å². The monoisotopic (exact) mass is 1550 g/mol. The van der Waals surface area contributed by atoms with Gasteiger partial charge in [0.15, 0.2) is 12.2 Å². The van der Waals surface area contributed by atoms with Gasteiger partial charge >= 0.3 is 39.5 Å². The predicted molar refractivity (Wildman–Crippen MR) is 445 cm³/mol. The second-order valence-corrected chi connectivity index (χ2v) is 30.2. The second-order valence-electron chi connectivity index (χ2n) is 27.3. The van der Waals surface area contributed by atoms with Crippen LogP contribution in [-0.4, -0.2) is 96.7 Å². The fraction of sp³-hybridized carbons (Fsp3) is 0.663. The van der Waals surface area contributed by atoms with E-state index in [0.717, 1.165) is 225 Å². The molecule has 0 spiro atoms. The van der Waals surface area contributed by atoms with Crippen molar-refractivity contribution in [3.8, 4) is 0 Å². The summed E-state index contributed by atoms with van der Waals surface area (Å²) in [5, 5.41) is 10.7. The van der Waals surface area contributed by atoms with E-state index in [-0.39, 0.29) is 25.7 Å². The zero-order valence-electron chi connectivity index (χ0n) is 67.5. The highest BCUT2D eigenvalue weighted by Crippen LogP contribution is 2.45. The number of hydrogen-bond acceptors (Lipinski definition) is 15. The number of phosphoric acid groups is 2. The lowest BCUT2D eigenvalue weighted by Crippen LogP contribution is -2.30. The molecule has 616 valence electrons. The average molecular weight is 1550 g/mol. The third kappa shape index (κ3) is 78.8. The summed E-state index contributed by atoms with van der Waals surface area (Å²) in [6.45, 7) is 4.46. The largest absolute Gasteiger partial charge is 0.472 e. The molecule has 5 unspecified atom stereocenters. The van der Waals surface area contributed by atoms with Crippen molar-refractivity contribution in [3.05, 3.63) is 158 Å². The molecule has 0 amide bonds. The molecule has 0 fully saturated rings. The van der Waals surface area contributed by atoms with Crippen molar-refractivity contribution < 1.29 is 80.2 Å². The Morgan fingerprint density at radius 1 is 0.269 bits per heavy atom. The van der Waals surface area contributed by atoms with Crippen LogP contribution < -0.4 is 0 Å². The molecule has 0 radical (unpaired) electrons. The minimum absolute atomic E-state index is 0.0668. The molecule has 0 aromatic heterocycles. The summed E-state index contributed by atoms with van der Waals surface area (Å²) >= 11 is 0. The summed E-state index contributed by atoms with van der Waals surface area (Å²) in [5.41, 5.74) is 0. The summed E-state index contributed by atoms with van der Waals surface area (Å²) < 4.78 is 68.7. The van der Waals surface area contributed by atoms with E-state index in [9.17, 15) is 43.2 Å². The molecule has 0 aliphatic carbocycles. The summed E-state index contributed by atoms with van der Waals surface area (Å²) in [4.78, 5) is 73.2. The molecule has 0 bridgehead atoms. The van der Waals surface area contributed by atoms with Crippen LogP contribution in [0, 0.1) is 0 Å². The molecular weight excluding hydrogens is 1400 g/mol. The van der Waals surface area contributed by atoms with Gasteiger partial charge in [-0.3, -0.25) is 37.3 Å². The number of phosphoric ester groups is 2. The Kier molecular flexibility index (Phi) is 75.8. The average Bonchev–Trinajstić information content (AvgIpc) is 0.923. The van der Waals surface area contributed by atoms with E-state index >= 15 is 0 Å². The zero-order chi connectivity index (χ0) is 78.9. The van der Waals surface area contributed by atoms with Crippen molar-refractivity contribution in [2.75, 3.05) is 39.6 Å². The first-order valence-corrected chi connectivity index (χ1v) is 44.7. The van der Waals surface area contributed by atoms with Crippen molar-refractivity contribution in [2.45, 2.75) is 341 Å². The fourth-order valence-corrected chi connectivity index (χ4v) is 12.3. The van der Waals surface area contributed by atoms with Gasteiger partial charge < -0.3 is 33.8 Å². The Morgan fingerprint density at radius 3 is 0.741 bits per heavy atom. The first kappa shape index (κ1) is 103. The summed E-state index contributed by atoms with van der Waals surface area (Å²) in [5.74, 6) is -2.24. The SMILES string of the molecule is CC/C=C\C/C=C\C/C=C\C/C=C\CCCCCCCCC(=O)OCC(COP(=O)(O)OCC(O)COP(=O)(O)OCC(COC(=O)CCCCCCCC/C=C\C/C=C\C/C=C\CCCCC)OC(=O)CCCCCCC/C=C\C/C=C\C/C=C\CC)OC(=O)CCCCCCC/C=C\C/C=C\C/C=C\CC. The van der Waals surface area contributed by atoms with Gasteiger partial charge in [0, 0.05) is 25.7 Å². The highest BCUT2D eigenvalue weighted by Gasteiger charge is 2.30. The molecule has 0 saturated carbocycles. The smallest absolute Gasteiger partial charge is 0.462 e. The van der Waals surface area contributed by atoms with Crippen molar-refractivity contribution in [2.24, 2.45) is 0 Å². The third-order valence-corrected chi connectivity index (χ3v) is 18.9. The molecule has 5 atom stereocenters. The highest BCUT2D eigenvalue weighted by atomic mass is 31.2. The minimum Gasteiger partial charge on any atom is -0.462 e. The van der Waals surface area contributed by atoms with E-state index in [2.05, 4.69) is 186 Å². The lowest BCUT2D eigenvalue weighted by molar-refractivity contribution is -0.161. The second kappa shape index (κ2) is 79.8. The van der Waals surface area contributed by atoms with Crippen LogP contribution in [0.25, 0.3) is 0 Å². The first-order chi connectivity index (χ1) is 52.7.